The molecule has 6 nitrogen and oxygen atoms in total. The number of aromatic nitrogens is 4. The summed E-state index contributed by atoms with van der Waals surface area (Å²) in [7, 11) is 0. The van der Waals surface area contributed by atoms with Gasteiger partial charge in [-0.2, -0.15) is 44.7 Å². The molecule has 0 unspecified atom stereocenters. The van der Waals surface area contributed by atoms with Gasteiger partial charge in [0.1, 0.15) is 0 Å². The number of anilines is 2. The monoisotopic (exact) mass is 538 g/mol. The number of aromatic amines is 1. The molecule has 0 bridgehead atoms. The zero-order valence-corrected chi connectivity index (χ0v) is 19.0. The summed E-state index contributed by atoms with van der Waals surface area (Å²) in [5.41, 5.74) is -3.75. The minimum absolute atomic E-state index is 0.0229. The second-order valence-corrected chi connectivity index (χ2v) is 8.59. The van der Waals surface area contributed by atoms with Crippen LogP contribution in [0.25, 0.3) is 0 Å². The van der Waals surface area contributed by atoms with Crippen molar-refractivity contribution in [1.82, 2.24) is 20.6 Å². The van der Waals surface area contributed by atoms with E-state index in [1.807, 2.05) is 0 Å². The zero-order valence-electron chi connectivity index (χ0n) is 19.0. The summed E-state index contributed by atoms with van der Waals surface area (Å²) in [4.78, 5) is 1.33. The smallest absolute Gasteiger partial charge is 0.385 e. The number of alkyl halides is 9. The second kappa shape index (κ2) is 9.41. The maximum atomic E-state index is 13.5. The highest BCUT2D eigenvalue weighted by atomic mass is 19.4. The number of nitrogens with one attached hydrogen (secondary N) is 2. The van der Waals surface area contributed by atoms with Gasteiger partial charge in [-0.05, 0) is 65.9 Å². The molecule has 1 aliphatic heterocycles. The molecule has 1 aliphatic rings. The van der Waals surface area contributed by atoms with Crippen molar-refractivity contribution in [2.75, 3.05) is 16.8 Å². The highest BCUT2D eigenvalue weighted by Crippen LogP contribution is 2.42. The first-order valence-electron chi connectivity index (χ1n) is 10.9. The summed E-state index contributed by atoms with van der Waals surface area (Å²) in [5.74, 6) is -0.138. The number of benzene rings is 2. The molecule has 2 N–H and O–H groups in total. The number of hydrogen-bond acceptors (Lipinski definition) is 5. The van der Waals surface area contributed by atoms with Crippen molar-refractivity contribution in [1.29, 1.82) is 0 Å². The average molecular weight is 538 g/mol. The normalized spacial score (nSPS) is 16.6. The first-order valence-corrected chi connectivity index (χ1v) is 10.9. The molecule has 0 saturated heterocycles. The van der Waals surface area contributed by atoms with Gasteiger partial charge in [0.15, 0.2) is 0 Å². The third kappa shape index (κ3) is 5.74. The Morgan fingerprint density at radius 2 is 1.54 bits per heavy atom. The lowest BCUT2D eigenvalue weighted by Crippen LogP contribution is -2.30. The summed E-state index contributed by atoms with van der Waals surface area (Å²) in [6.07, 6.45) is -14.0. The lowest BCUT2D eigenvalue weighted by atomic mass is 9.94. The summed E-state index contributed by atoms with van der Waals surface area (Å²) in [6, 6.07) is 2.68. The van der Waals surface area contributed by atoms with Crippen LogP contribution in [0.5, 0.6) is 0 Å². The molecule has 0 radical (unpaired) electrons. The van der Waals surface area contributed by atoms with Crippen LogP contribution < -0.4 is 10.2 Å². The second-order valence-electron chi connectivity index (χ2n) is 8.59. The van der Waals surface area contributed by atoms with E-state index in [9.17, 15) is 39.5 Å². The van der Waals surface area contributed by atoms with Crippen LogP contribution in [0, 0.1) is 6.92 Å². The Hall–Kier alpha value is -3.52. The van der Waals surface area contributed by atoms with E-state index in [1.165, 1.54) is 17.9 Å². The van der Waals surface area contributed by atoms with Gasteiger partial charge in [-0.1, -0.05) is 11.2 Å². The summed E-state index contributed by atoms with van der Waals surface area (Å²) >= 11 is 0. The minimum Gasteiger partial charge on any atom is -0.385 e. The van der Waals surface area contributed by atoms with Crippen molar-refractivity contribution in [3.8, 4) is 0 Å². The molecule has 2 heterocycles. The first kappa shape index (κ1) is 26.5. The van der Waals surface area contributed by atoms with Gasteiger partial charge in [-0.25, -0.2) is 0 Å². The predicted octanol–water partition coefficient (Wildman–Crippen LogP) is 6.52. The predicted molar refractivity (Wildman–Crippen MR) is 113 cm³/mol. The maximum absolute atomic E-state index is 13.5. The Morgan fingerprint density at radius 1 is 0.892 bits per heavy atom. The number of fused-ring (bicyclic) bond motifs is 1. The van der Waals surface area contributed by atoms with Crippen molar-refractivity contribution in [3.63, 3.8) is 0 Å². The van der Waals surface area contributed by atoms with Crippen molar-refractivity contribution >= 4 is 11.6 Å². The number of nitrogens with zero attached hydrogens (tertiary/aromatic N) is 4. The van der Waals surface area contributed by atoms with E-state index in [2.05, 4.69) is 25.9 Å². The van der Waals surface area contributed by atoms with Crippen molar-refractivity contribution in [2.45, 2.75) is 50.9 Å². The van der Waals surface area contributed by atoms with Gasteiger partial charge in [0.25, 0.3) is 5.95 Å². The molecular weight excluding hydrogens is 519 g/mol. The van der Waals surface area contributed by atoms with E-state index in [-0.39, 0.29) is 28.8 Å². The molecule has 3 aromatic rings. The third-order valence-corrected chi connectivity index (χ3v) is 6.00. The van der Waals surface area contributed by atoms with Crippen LogP contribution in [0.4, 0.5) is 51.1 Å². The van der Waals surface area contributed by atoms with Gasteiger partial charge >= 0.3 is 18.5 Å². The van der Waals surface area contributed by atoms with Gasteiger partial charge in [-0.3, -0.25) is 0 Å². The first-order chi connectivity index (χ1) is 17.1. The fraction of sp³-hybridized carbons (Fsp3) is 0.409. The van der Waals surface area contributed by atoms with E-state index in [0.717, 1.165) is 6.07 Å². The lowest BCUT2D eigenvalue weighted by molar-refractivity contribution is -0.143. The molecule has 2 aromatic carbocycles. The molecule has 0 fully saturated rings. The number of hydrogen-bond donors (Lipinski definition) is 2. The van der Waals surface area contributed by atoms with Gasteiger partial charge in [0.05, 0.1) is 22.7 Å². The molecule has 1 atom stereocenters. The highest BCUT2D eigenvalue weighted by Gasteiger charge is 2.38. The largest absolute Gasteiger partial charge is 0.416 e. The molecular formula is C22H19F9N6. The fourth-order valence-electron chi connectivity index (χ4n) is 4.37. The molecule has 0 spiro atoms. The topological polar surface area (TPSA) is 69.7 Å². The maximum Gasteiger partial charge on any atom is 0.416 e. The van der Waals surface area contributed by atoms with E-state index >= 15 is 0 Å². The Bertz CT molecular complexity index is 1220. The standard InChI is InChI=1S/C22H19F9N6/c1-11-5-15-17(9-16(11)22(29,30)31)32-4-2-3-18(15)37(19-33-35-36-34-19)10-12-6-13(20(23,24)25)8-14(7-12)21(26,27)28/h5-9,18,32H,2-4,10H2,1H3,(H,33,34,35,36)/t18-/m0/s1. The molecule has 0 amide bonds. The molecule has 1 aromatic heterocycles. The Balaban J connectivity index is 1.83. The highest BCUT2D eigenvalue weighted by molar-refractivity contribution is 5.60. The molecule has 15 heteroatoms. The lowest BCUT2D eigenvalue weighted by Gasteiger charge is -2.32. The van der Waals surface area contributed by atoms with Crippen LogP contribution in [0.3, 0.4) is 0 Å². The van der Waals surface area contributed by atoms with E-state index in [4.69, 9.17) is 0 Å². The van der Waals surface area contributed by atoms with Gasteiger partial charge in [-0.15, -0.1) is 5.10 Å². The quantitative estimate of drug-likeness (QED) is 0.371. The van der Waals surface area contributed by atoms with Gasteiger partial charge < -0.3 is 10.2 Å². The Morgan fingerprint density at radius 3 is 2.08 bits per heavy atom. The van der Waals surface area contributed by atoms with Gasteiger partial charge in [0.2, 0.25) is 0 Å². The fourth-order valence-corrected chi connectivity index (χ4v) is 4.37. The minimum atomic E-state index is -5.04. The van der Waals surface area contributed by atoms with Crippen LogP contribution in [0.1, 0.15) is 52.3 Å². The third-order valence-electron chi connectivity index (χ3n) is 6.00. The molecule has 200 valence electrons. The van der Waals surface area contributed by atoms with Crippen molar-refractivity contribution < 1.29 is 39.5 Å². The number of H-pyrrole nitrogens is 1. The molecule has 0 saturated carbocycles. The van der Waals surface area contributed by atoms with E-state index in [0.29, 0.717) is 37.1 Å². The summed E-state index contributed by atoms with van der Waals surface area (Å²) < 4.78 is 121. The zero-order chi connectivity index (χ0) is 27.2. The van der Waals surface area contributed by atoms with Crippen LogP contribution in [0.15, 0.2) is 30.3 Å². The van der Waals surface area contributed by atoms with Gasteiger partial charge in [0, 0.05) is 18.8 Å². The Labute approximate surface area is 203 Å². The van der Waals surface area contributed by atoms with Crippen LogP contribution in [0.2, 0.25) is 0 Å². The molecule has 4 rings (SSSR count). The summed E-state index contributed by atoms with van der Waals surface area (Å²) in [5, 5.41) is 16.2. The number of halogens is 9. The van der Waals surface area contributed by atoms with E-state index in [1.54, 1.807) is 0 Å². The molecule has 37 heavy (non-hydrogen) atoms. The van der Waals surface area contributed by atoms with E-state index < -0.39 is 47.8 Å². The van der Waals surface area contributed by atoms with Crippen molar-refractivity contribution in [3.05, 3.63) is 63.7 Å². The SMILES string of the molecule is Cc1cc2c(cc1C(F)(F)F)NCCC[C@@H]2N(Cc1cc(C(F)(F)F)cc(C(F)(F)F)c1)c1nn[nH]n1. The number of tetrazole rings is 1. The van der Waals surface area contributed by atoms with Crippen LogP contribution in [-0.4, -0.2) is 27.2 Å². The summed E-state index contributed by atoms with van der Waals surface area (Å²) in [6.45, 7) is 1.06. The number of rotatable bonds is 4. The van der Waals surface area contributed by atoms with Crippen molar-refractivity contribution in [2.24, 2.45) is 0 Å². The molecule has 0 aliphatic carbocycles. The number of aryl methyl sites for hydroxylation is 1. The Kier molecular flexibility index (Phi) is 6.75. The van der Waals surface area contributed by atoms with Crippen LogP contribution in [-0.2, 0) is 25.1 Å². The van der Waals surface area contributed by atoms with Crippen LogP contribution >= 0.6 is 0 Å². The average Bonchev–Trinajstić information content (AvgIpc) is 3.23.